The number of rotatable bonds is 8. The molecule has 0 bridgehead atoms. The lowest BCUT2D eigenvalue weighted by Crippen LogP contribution is -2.43. The van der Waals surface area contributed by atoms with Crippen LogP contribution >= 0.6 is 0 Å². The van der Waals surface area contributed by atoms with E-state index in [1.807, 2.05) is 11.7 Å². The van der Waals surface area contributed by atoms with Crippen molar-refractivity contribution in [1.29, 1.82) is 0 Å². The summed E-state index contributed by atoms with van der Waals surface area (Å²) in [6.07, 6.45) is 3.50. The van der Waals surface area contributed by atoms with Crippen molar-refractivity contribution in [2.24, 2.45) is 12.0 Å². The minimum Gasteiger partial charge on any atom is -0.357 e. The summed E-state index contributed by atoms with van der Waals surface area (Å²) in [5, 5.41) is 11.6. The molecule has 1 aromatic carbocycles. The Morgan fingerprint density at radius 2 is 1.81 bits per heavy atom. The quantitative estimate of drug-likeness (QED) is 0.501. The number of likely N-dealkylation sites (tertiary alicyclic amines) is 1. The second kappa shape index (κ2) is 10.8. The average molecular weight is 425 g/mol. The van der Waals surface area contributed by atoms with Gasteiger partial charge in [0.15, 0.2) is 5.96 Å². The first kappa shape index (κ1) is 23.3. The molecule has 1 aromatic heterocycles. The molecule has 2 unspecified atom stereocenters. The van der Waals surface area contributed by atoms with E-state index < -0.39 is 0 Å². The van der Waals surface area contributed by atoms with Gasteiger partial charge in [0, 0.05) is 25.3 Å². The van der Waals surface area contributed by atoms with Gasteiger partial charge >= 0.3 is 0 Å². The molecule has 6 heteroatoms. The molecule has 170 valence electrons. The molecular formula is C25H40N6. The molecule has 0 spiro atoms. The smallest absolute Gasteiger partial charge is 0.191 e. The van der Waals surface area contributed by atoms with Gasteiger partial charge in [-0.3, -0.25) is 14.6 Å². The number of hydrogen-bond acceptors (Lipinski definition) is 3. The number of aryl methyl sites for hydroxylation is 3. The third kappa shape index (κ3) is 6.10. The van der Waals surface area contributed by atoms with E-state index >= 15 is 0 Å². The molecule has 0 amide bonds. The first-order valence-corrected chi connectivity index (χ1v) is 11.7. The first-order valence-electron chi connectivity index (χ1n) is 11.7. The van der Waals surface area contributed by atoms with Crippen LogP contribution in [-0.2, 0) is 13.5 Å². The van der Waals surface area contributed by atoms with Crippen LogP contribution in [0.2, 0.25) is 0 Å². The van der Waals surface area contributed by atoms with Crippen molar-refractivity contribution in [3.63, 3.8) is 0 Å². The van der Waals surface area contributed by atoms with Crippen LogP contribution in [0.4, 0.5) is 0 Å². The van der Waals surface area contributed by atoms with E-state index in [4.69, 9.17) is 4.99 Å². The summed E-state index contributed by atoms with van der Waals surface area (Å²) in [5.41, 5.74) is 6.34. The van der Waals surface area contributed by atoms with Crippen molar-refractivity contribution in [1.82, 2.24) is 25.3 Å². The SMILES string of the molecule is CCNC(=NCC(c1ccc(C)cc1)N1CCCC1)NC(C)Cc1c(C)nn(C)c1C. The number of hydrogen-bond donors (Lipinski definition) is 2. The number of benzene rings is 1. The molecule has 3 rings (SSSR count). The molecule has 1 aliphatic heterocycles. The zero-order valence-electron chi connectivity index (χ0n) is 20.2. The Morgan fingerprint density at radius 3 is 2.39 bits per heavy atom. The molecule has 2 N–H and O–H groups in total. The third-order valence-electron chi connectivity index (χ3n) is 6.36. The number of aliphatic imine (C=N–C) groups is 1. The lowest BCUT2D eigenvalue weighted by atomic mass is 10.0. The van der Waals surface area contributed by atoms with Gasteiger partial charge in [0.05, 0.1) is 18.3 Å². The zero-order chi connectivity index (χ0) is 22.4. The Hall–Kier alpha value is -2.34. The fourth-order valence-electron chi connectivity index (χ4n) is 4.47. The van der Waals surface area contributed by atoms with E-state index in [1.54, 1.807) is 0 Å². The Morgan fingerprint density at radius 1 is 1.13 bits per heavy atom. The molecule has 31 heavy (non-hydrogen) atoms. The van der Waals surface area contributed by atoms with E-state index in [0.29, 0.717) is 6.04 Å². The molecule has 0 aliphatic carbocycles. The molecule has 1 fully saturated rings. The lowest BCUT2D eigenvalue weighted by Gasteiger charge is -2.27. The molecule has 2 atom stereocenters. The van der Waals surface area contributed by atoms with Crippen LogP contribution in [0.3, 0.4) is 0 Å². The Labute approximate surface area is 188 Å². The highest BCUT2D eigenvalue weighted by Crippen LogP contribution is 2.26. The van der Waals surface area contributed by atoms with Crippen LogP contribution in [0, 0.1) is 20.8 Å². The number of guanidine groups is 1. The van der Waals surface area contributed by atoms with Crippen LogP contribution in [0.15, 0.2) is 29.3 Å². The van der Waals surface area contributed by atoms with Gasteiger partial charge in [-0.2, -0.15) is 5.10 Å². The highest BCUT2D eigenvalue weighted by atomic mass is 15.3. The van der Waals surface area contributed by atoms with E-state index in [-0.39, 0.29) is 6.04 Å². The molecule has 1 aliphatic rings. The molecule has 2 aromatic rings. The van der Waals surface area contributed by atoms with Crippen molar-refractivity contribution >= 4 is 5.96 Å². The maximum Gasteiger partial charge on any atom is 0.191 e. The second-order valence-electron chi connectivity index (χ2n) is 8.91. The van der Waals surface area contributed by atoms with Gasteiger partial charge < -0.3 is 10.6 Å². The predicted molar refractivity (Wildman–Crippen MR) is 130 cm³/mol. The Bertz CT molecular complexity index is 861. The Balaban J connectivity index is 1.72. The highest BCUT2D eigenvalue weighted by Gasteiger charge is 2.23. The maximum absolute atomic E-state index is 5.02. The van der Waals surface area contributed by atoms with Gasteiger partial charge in [-0.1, -0.05) is 29.8 Å². The summed E-state index contributed by atoms with van der Waals surface area (Å²) in [7, 11) is 2.01. The average Bonchev–Trinajstić information content (AvgIpc) is 3.34. The third-order valence-corrected chi connectivity index (χ3v) is 6.36. The van der Waals surface area contributed by atoms with Crippen LogP contribution in [0.25, 0.3) is 0 Å². The molecule has 0 radical (unpaired) electrons. The minimum atomic E-state index is 0.268. The molecule has 0 saturated carbocycles. The predicted octanol–water partition coefficient (Wildman–Crippen LogP) is 3.67. The van der Waals surface area contributed by atoms with E-state index in [2.05, 4.69) is 79.5 Å². The normalized spacial score (nSPS) is 17.0. The van der Waals surface area contributed by atoms with Crippen LogP contribution in [-0.4, -0.2) is 52.9 Å². The van der Waals surface area contributed by atoms with Gasteiger partial charge in [0.25, 0.3) is 0 Å². The van der Waals surface area contributed by atoms with Crippen molar-refractivity contribution in [3.8, 4) is 0 Å². The molecule has 6 nitrogen and oxygen atoms in total. The summed E-state index contributed by atoms with van der Waals surface area (Å²) >= 11 is 0. The fraction of sp³-hybridized carbons (Fsp3) is 0.600. The monoisotopic (exact) mass is 424 g/mol. The second-order valence-corrected chi connectivity index (χ2v) is 8.91. The summed E-state index contributed by atoms with van der Waals surface area (Å²) in [6.45, 7) is 14.7. The van der Waals surface area contributed by atoms with E-state index in [1.165, 1.54) is 35.2 Å². The van der Waals surface area contributed by atoms with Crippen molar-refractivity contribution in [2.75, 3.05) is 26.2 Å². The summed E-state index contributed by atoms with van der Waals surface area (Å²) in [4.78, 5) is 7.61. The first-order chi connectivity index (χ1) is 14.9. The minimum absolute atomic E-state index is 0.268. The van der Waals surface area contributed by atoms with Gasteiger partial charge in [-0.05, 0) is 78.1 Å². The van der Waals surface area contributed by atoms with Gasteiger partial charge in [0.2, 0.25) is 0 Å². The van der Waals surface area contributed by atoms with Gasteiger partial charge in [0.1, 0.15) is 0 Å². The van der Waals surface area contributed by atoms with Crippen molar-refractivity contribution in [2.45, 2.75) is 66.0 Å². The zero-order valence-corrected chi connectivity index (χ0v) is 20.2. The van der Waals surface area contributed by atoms with Gasteiger partial charge in [-0.25, -0.2) is 0 Å². The molecule has 2 heterocycles. The standard InChI is InChI=1S/C25H40N6/c1-7-26-25(28-19(3)16-23-20(4)29-30(6)21(23)5)27-17-24(31-14-8-9-15-31)22-12-10-18(2)11-13-22/h10-13,19,24H,7-9,14-17H2,1-6H3,(H2,26,27,28). The maximum atomic E-state index is 5.02. The summed E-state index contributed by atoms with van der Waals surface area (Å²) < 4.78 is 1.97. The van der Waals surface area contributed by atoms with Crippen molar-refractivity contribution < 1.29 is 0 Å². The largest absolute Gasteiger partial charge is 0.357 e. The molecule has 1 saturated heterocycles. The van der Waals surface area contributed by atoms with E-state index in [0.717, 1.165) is 44.3 Å². The van der Waals surface area contributed by atoms with Crippen LogP contribution in [0.1, 0.15) is 60.8 Å². The highest BCUT2D eigenvalue weighted by molar-refractivity contribution is 5.80. The van der Waals surface area contributed by atoms with Crippen molar-refractivity contribution in [3.05, 3.63) is 52.3 Å². The summed E-state index contributed by atoms with van der Waals surface area (Å²) in [5.74, 6) is 0.894. The topological polar surface area (TPSA) is 57.5 Å². The van der Waals surface area contributed by atoms with Crippen LogP contribution in [0.5, 0.6) is 0 Å². The molecular weight excluding hydrogens is 384 g/mol. The van der Waals surface area contributed by atoms with Crippen LogP contribution < -0.4 is 10.6 Å². The van der Waals surface area contributed by atoms with E-state index in [9.17, 15) is 0 Å². The summed E-state index contributed by atoms with van der Waals surface area (Å²) in [6, 6.07) is 9.56. The lowest BCUT2D eigenvalue weighted by molar-refractivity contribution is 0.251. The Kier molecular flexibility index (Phi) is 8.13. The fourth-order valence-corrected chi connectivity index (χ4v) is 4.47. The number of nitrogens with zero attached hydrogens (tertiary/aromatic N) is 4. The number of aromatic nitrogens is 2. The number of nitrogens with one attached hydrogen (secondary N) is 2. The van der Waals surface area contributed by atoms with Gasteiger partial charge in [-0.15, -0.1) is 0 Å².